The van der Waals surface area contributed by atoms with Crippen LogP contribution in [0.5, 0.6) is 5.75 Å². The molecule has 0 atom stereocenters. The van der Waals surface area contributed by atoms with Gasteiger partial charge in [0.15, 0.2) is 9.84 Å². The molecular formula is C26H26ClN3O3S. The molecule has 2 aromatic heterocycles. The lowest BCUT2D eigenvalue weighted by Gasteiger charge is -2.32. The predicted molar refractivity (Wildman–Crippen MR) is 135 cm³/mol. The van der Waals surface area contributed by atoms with Gasteiger partial charge in [0, 0.05) is 42.5 Å². The van der Waals surface area contributed by atoms with E-state index in [4.69, 9.17) is 16.3 Å². The number of likely N-dealkylation sites (tertiary alicyclic amines) is 1. The number of piperidine rings is 1. The molecule has 2 aromatic carbocycles. The highest BCUT2D eigenvalue weighted by Crippen LogP contribution is 2.25. The minimum Gasteiger partial charge on any atom is -0.489 e. The number of ether oxygens (including phenoxy) is 1. The van der Waals surface area contributed by atoms with E-state index in [0.717, 1.165) is 60.0 Å². The van der Waals surface area contributed by atoms with E-state index in [0.29, 0.717) is 4.90 Å². The molecule has 3 heterocycles. The molecule has 0 N–H and O–H groups in total. The molecule has 0 bridgehead atoms. The molecule has 1 aliphatic rings. The Morgan fingerprint density at radius 2 is 1.79 bits per heavy atom. The van der Waals surface area contributed by atoms with Gasteiger partial charge in [-0.15, -0.1) is 0 Å². The van der Waals surface area contributed by atoms with E-state index in [-0.39, 0.29) is 6.10 Å². The summed E-state index contributed by atoms with van der Waals surface area (Å²) in [5, 5.41) is 1.62. The number of rotatable bonds is 6. The Hall–Kier alpha value is -2.87. The molecule has 6 nitrogen and oxygen atoms in total. The first-order chi connectivity index (χ1) is 16.3. The lowest BCUT2D eigenvalue weighted by atomic mass is 10.1. The number of benzene rings is 2. The molecule has 4 aromatic rings. The molecule has 0 saturated carbocycles. The first kappa shape index (κ1) is 22.9. The van der Waals surface area contributed by atoms with Crippen LogP contribution in [0.25, 0.3) is 16.7 Å². The van der Waals surface area contributed by atoms with Crippen molar-refractivity contribution >= 4 is 32.3 Å². The van der Waals surface area contributed by atoms with Crippen molar-refractivity contribution in [2.45, 2.75) is 30.4 Å². The summed E-state index contributed by atoms with van der Waals surface area (Å²) < 4.78 is 31.8. The molecule has 1 fully saturated rings. The first-order valence-electron chi connectivity index (χ1n) is 11.3. The quantitative estimate of drug-likeness (QED) is 0.371. The van der Waals surface area contributed by atoms with Crippen molar-refractivity contribution in [1.82, 2.24) is 14.5 Å². The molecule has 176 valence electrons. The van der Waals surface area contributed by atoms with Crippen LogP contribution < -0.4 is 4.74 Å². The molecule has 0 spiro atoms. The molecule has 1 saturated heterocycles. The lowest BCUT2D eigenvalue weighted by Crippen LogP contribution is -2.37. The molecule has 0 aliphatic carbocycles. The fourth-order valence-corrected chi connectivity index (χ4v) is 5.14. The summed E-state index contributed by atoms with van der Waals surface area (Å²) >= 11 is 5.98. The minimum absolute atomic E-state index is 0.177. The van der Waals surface area contributed by atoms with Crippen molar-refractivity contribution in [3.05, 3.63) is 83.6 Å². The molecule has 8 heteroatoms. The van der Waals surface area contributed by atoms with E-state index in [1.54, 1.807) is 18.3 Å². The highest BCUT2D eigenvalue weighted by molar-refractivity contribution is 7.90. The van der Waals surface area contributed by atoms with Gasteiger partial charge in [-0.1, -0.05) is 23.7 Å². The molecule has 0 radical (unpaired) electrons. The Labute approximate surface area is 204 Å². The summed E-state index contributed by atoms with van der Waals surface area (Å²) in [5.41, 5.74) is 2.18. The molecular weight excluding hydrogens is 470 g/mol. The van der Waals surface area contributed by atoms with Crippen LogP contribution in [-0.4, -0.2) is 48.3 Å². The third-order valence-corrected chi connectivity index (χ3v) is 7.58. The Kier molecular flexibility index (Phi) is 6.34. The number of pyridine rings is 1. The number of sulfone groups is 1. The number of aromatic nitrogens is 2. The van der Waals surface area contributed by atoms with Crippen LogP contribution in [0.15, 0.2) is 78.0 Å². The second-order valence-electron chi connectivity index (χ2n) is 8.75. The van der Waals surface area contributed by atoms with Gasteiger partial charge in [0.25, 0.3) is 0 Å². The topological polar surface area (TPSA) is 64.4 Å². The van der Waals surface area contributed by atoms with Gasteiger partial charge >= 0.3 is 0 Å². The molecule has 0 unspecified atom stereocenters. The highest BCUT2D eigenvalue weighted by Gasteiger charge is 2.21. The Balaban J connectivity index is 1.20. The number of hydrogen-bond acceptors (Lipinski definition) is 5. The van der Waals surface area contributed by atoms with Crippen molar-refractivity contribution < 1.29 is 13.2 Å². The van der Waals surface area contributed by atoms with E-state index < -0.39 is 9.84 Å². The van der Waals surface area contributed by atoms with Crippen LogP contribution >= 0.6 is 11.6 Å². The zero-order valence-corrected chi connectivity index (χ0v) is 20.5. The fourth-order valence-electron chi connectivity index (χ4n) is 4.36. The molecule has 0 amide bonds. The van der Waals surface area contributed by atoms with Crippen LogP contribution in [-0.2, 0) is 16.4 Å². The zero-order chi connectivity index (χ0) is 23.7. The van der Waals surface area contributed by atoms with E-state index in [9.17, 15) is 8.42 Å². The van der Waals surface area contributed by atoms with Crippen molar-refractivity contribution in [1.29, 1.82) is 0 Å². The maximum absolute atomic E-state index is 11.8. The van der Waals surface area contributed by atoms with Gasteiger partial charge in [-0.05, 0) is 66.9 Å². The fraction of sp³-hybridized carbons (Fsp3) is 0.269. The summed E-state index contributed by atoms with van der Waals surface area (Å²) in [7, 11) is -3.24. The van der Waals surface area contributed by atoms with Crippen LogP contribution in [0.2, 0.25) is 5.02 Å². The second-order valence-corrected chi connectivity index (χ2v) is 11.2. The third-order valence-electron chi connectivity index (χ3n) is 6.21. The average Bonchev–Trinajstić information content (AvgIpc) is 3.25. The summed E-state index contributed by atoms with van der Waals surface area (Å²) in [6, 6.07) is 18.9. The lowest BCUT2D eigenvalue weighted by molar-refractivity contribution is 0.0965. The molecule has 34 heavy (non-hydrogen) atoms. The van der Waals surface area contributed by atoms with Crippen molar-refractivity contribution in [3.8, 4) is 11.6 Å². The largest absolute Gasteiger partial charge is 0.489 e. The molecule has 5 rings (SSSR count). The van der Waals surface area contributed by atoms with E-state index in [1.165, 1.54) is 11.8 Å². The van der Waals surface area contributed by atoms with E-state index in [2.05, 4.69) is 22.0 Å². The zero-order valence-electron chi connectivity index (χ0n) is 18.9. The molecule has 1 aliphatic heterocycles. The van der Waals surface area contributed by atoms with Gasteiger partial charge in [-0.25, -0.2) is 13.4 Å². The average molecular weight is 496 g/mol. The highest BCUT2D eigenvalue weighted by atomic mass is 35.5. The maximum atomic E-state index is 11.8. The smallest absolute Gasteiger partial charge is 0.175 e. The van der Waals surface area contributed by atoms with Gasteiger partial charge < -0.3 is 9.30 Å². The number of hydrogen-bond donors (Lipinski definition) is 0. The minimum atomic E-state index is -3.24. The van der Waals surface area contributed by atoms with Gasteiger partial charge in [-0.3, -0.25) is 4.90 Å². The van der Waals surface area contributed by atoms with Crippen molar-refractivity contribution in [2.75, 3.05) is 19.3 Å². The number of nitrogens with zero attached hydrogens (tertiary/aromatic N) is 3. The van der Waals surface area contributed by atoms with Crippen LogP contribution in [0, 0.1) is 0 Å². The summed E-state index contributed by atoms with van der Waals surface area (Å²) in [5.74, 6) is 1.52. The predicted octanol–water partition coefficient (Wildman–Crippen LogP) is 5.13. The summed E-state index contributed by atoms with van der Waals surface area (Å²) in [6.07, 6.45) is 6.99. The van der Waals surface area contributed by atoms with Gasteiger partial charge in [0.1, 0.15) is 17.7 Å². The number of fused-ring (bicyclic) bond motifs is 1. The monoisotopic (exact) mass is 495 g/mol. The van der Waals surface area contributed by atoms with Crippen molar-refractivity contribution in [3.63, 3.8) is 0 Å². The summed E-state index contributed by atoms with van der Waals surface area (Å²) in [6.45, 7) is 2.91. The van der Waals surface area contributed by atoms with Crippen LogP contribution in [0.1, 0.15) is 18.4 Å². The SMILES string of the molecule is CS(=O)(=O)c1ccc2c(ccn2-c2ccc(OC3CCN(Cc4ccc(Cl)cc4)CC3)cn2)c1. The first-order valence-corrected chi connectivity index (χ1v) is 13.5. The standard InChI is InChI=1S/C26H26ClN3O3S/c1-34(31,32)24-7-8-25-20(16-24)10-15-30(25)26-9-6-23(17-28-26)33-22-11-13-29(14-12-22)18-19-2-4-21(27)5-3-19/h2-10,15-17,22H,11-14,18H2,1H3. The van der Waals surface area contributed by atoms with Gasteiger partial charge in [0.05, 0.1) is 16.6 Å². The van der Waals surface area contributed by atoms with Gasteiger partial charge in [0.2, 0.25) is 0 Å². The maximum Gasteiger partial charge on any atom is 0.175 e. The Morgan fingerprint density at radius 1 is 1.03 bits per heavy atom. The third kappa shape index (κ3) is 5.12. The Bertz CT molecular complexity index is 1390. The van der Waals surface area contributed by atoms with Crippen molar-refractivity contribution in [2.24, 2.45) is 0 Å². The number of halogens is 1. The second kappa shape index (κ2) is 9.41. The summed E-state index contributed by atoms with van der Waals surface area (Å²) in [4.78, 5) is 7.34. The van der Waals surface area contributed by atoms with E-state index in [1.807, 2.05) is 47.2 Å². The van der Waals surface area contributed by atoms with Crippen LogP contribution in [0.4, 0.5) is 0 Å². The van der Waals surface area contributed by atoms with Gasteiger partial charge in [-0.2, -0.15) is 0 Å². The van der Waals surface area contributed by atoms with E-state index >= 15 is 0 Å². The normalized spacial score (nSPS) is 15.6. The van der Waals surface area contributed by atoms with Crippen LogP contribution in [0.3, 0.4) is 0 Å². The Morgan fingerprint density at radius 3 is 2.47 bits per heavy atom.